The fourth-order valence-corrected chi connectivity index (χ4v) is 2.57. The van der Waals surface area contributed by atoms with E-state index in [0.29, 0.717) is 17.3 Å². The topological polar surface area (TPSA) is 54.5 Å². The summed E-state index contributed by atoms with van der Waals surface area (Å²) in [5.41, 5.74) is 1.96. The van der Waals surface area contributed by atoms with Gasteiger partial charge in [0.05, 0.1) is 31.5 Å². The Bertz CT molecular complexity index is 653. The first-order chi connectivity index (χ1) is 11.2. The van der Waals surface area contributed by atoms with E-state index in [4.69, 9.17) is 16.3 Å². The van der Waals surface area contributed by atoms with Crippen LogP contribution in [-0.2, 0) is 16.0 Å². The van der Waals surface area contributed by atoms with Gasteiger partial charge in [-0.3, -0.25) is 4.79 Å². The minimum Gasteiger partial charge on any atom is -0.378 e. The van der Waals surface area contributed by atoms with E-state index in [9.17, 15) is 4.79 Å². The maximum atomic E-state index is 12.0. The molecule has 2 heterocycles. The monoisotopic (exact) mass is 331 g/mol. The molecule has 1 amide bonds. The van der Waals surface area contributed by atoms with Gasteiger partial charge in [0.25, 0.3) is 0 Å². The molecule has 5 nitrogen and oxygen atoms in total. The molecule has 6 heteroatoms. The Morgan fingerprint density at radius 2 is 1.91 bits per heavy atom. The number of morpholine rings is 1. The zero-order valence-electron chi connectivity index (χ0n) is 12.7. The number of nitrogens with one attached hydrogen (secondary N) is 1. The lowest BCUT2D eigenvalue weighted by Gasteiger charge is -2.28. The molecule has 0 bridgehead atoms. The zero-order valence-corrected chi connectivity index (χ0v) is 13.4. The number of carbonyl (C=O) groups is 1. The number of pyridine rings is 1. The number of ether oxygens (including phenoxy) is 1. The van der Waals surface area contributed by atoms with Crippen molar-refractivity contribution in [1.29, 1.82) is 0 Å². The summed E-state index contributed by atoms with van der Waals surface area (Å²) in [6.07, 6.45) is 2.08. The van der Waals surface area contributed by atoms with E-state index in [0.717, 1.165) is 37.6 Å². The van der Waals surface area contributed by atoms with Crippen LogP contribution < -0.4 is 10.2 Å². The number of rotatable bonds is 4. The van der Waals surface area contributed by atoms with Crippen LogP contribution in [0.1, 0.15) is 5.56 Å². The average Bonchev–Trinajstić information content (AvgIpc) is 2.58. The minimum atomic E-state index is -0.0982. The normalized spacial score (nSPS) is 14.6. The molecule has 0 aliphatic carbocycles. The summed E-state index contributed by atoms with van der Waals surface area (Å²) in [6, 6.07) is 11.0. The summed E-state index contributed by atoms with van der Waals surface area (Å²) in [7, 11) is 0. The largest absolute Gasteiger partial charge is 0.378 e. The second kappa shape index (κ2) is 7.44. The van der Waals surface area contributed by atoms with E-state index in [1.165, 1.54) is 0 Å². The van der Waals surface area contributed by atoms with E-state index in [-0.39, 0.29) is 5.91 Å². The third-order valence-corrected chi connectivity index (χ3v) is 3.92. The number of aromatic nitrogens is 1. The molecule has 23 heavy (non-hydrogen) atoms. The van der Waals surface area contributed by atoms with Crippen LogP contribution in [0.5, 0.6) is 0 Å². The van der Waals surface area contributed by atoms with Gasteiger partial charge < -0.3 is 15.0 Å². The van der Waals surface area contributed by atoms with Gasteiger partial charge in [0.1, 0.15) is 5.82 Å². The zero-order chi connectivity index (χ0) is 16.1. The van der Waals surface area contributed by atoms with E-state index >= 15 is 0 Å². The number of nitrogens with zero attached hydrogens (tertiary/aromatic N) is 2. The van der Waals surface area contributed by atoms with Crippen LogP contribution >= 0.6 is 11.6 Å². The molecule has 0 radical (unpaired) electrons. The lowest BCUT2D eigenvalue weighted by atomic mass is 10.1. The van der Waals surface area contributed by atoms with Crippen molar-refractivity contribution in [3.8, 4) is 0 Å². The molecule has 0 unspecified atom stereocenters. The smallest absolute Gasteiger partial charge is 0.229 e. The highest BCUT2D eigenvalue weighted by atomic mass is 35.5. The van der Waals surface area contributed by atoms with Crippen LogP contribution in [0, 0.1) is 0 Å². The molecule has 2 aromatic rings. The summed E-state index contributed by atoms with van der Waals surface area (Å²) in [5, 5.41) is 3.47. The van der Waals surface area contributed by atoms with Crippen molar-refractivity contribution < 1.29 is 9.53 Å². The van der Waals surface area contributed by atoms with Gasteiger partial charge >= 0.3 is 0 Å². The average molecular weight is 332 g/mol. The van der Waals surface area contributed by atoms with Crippen molar-refractivity contribution >= 4 is 29.0 Å². The molecule has 1 N–H and O–H groups in total. The summed E-state index contributed by atoms with van der Waals surface area (Å²) >= 11 is 5.83. The standard InChI is InChI=1S/C17H18ClN3O2/c18-14-3-1-13(2-4-14)11-17(22)20-16-6-5-15(12-19-16)21-7-9-23-10-8-21/h1-6,12H,7-11H2,(H,19,20,22). The van der Waals surface area contributed by atoms with Crippen molar-refractivity contribution in [1.82, 2.24) is 4.98 Å². The minimum absolute atomic E-state index is 0.0982. The molecular weight excluding hydrogens is 314 g/mol. The molecular formula is C17H18ClN3O2. The van der Waals surface area contributed by atoms with E-state index in [1.54, 1.807) is 18.3 Å². The van der Waals surface area contributed by atoms with E-state index < -0.39 is 0 Å². The molecule has 1 aromatic heterocycles. The number of hydrogen-bond donors (Lipinski definition) is 1. The van der Waals surface area contributed by atoms with Crippen LogP contribution in [0.3, 0.4) is 0 Å². The first-order valence-electron chi connectivity index (χ1n) is 7.54. The quantitative estimate of drug-likeness (QED) is 0.936. The fourth-order valence-electron chi connectivity index (χ4n) is 2.44. The SMILES string of the molecule is O=C(Cc1ccc(Cl)cc1)Nc1ccc(N2CCOCC2)cn1. The van der Waals surface area contributed by atoms with Gasteiger partial charge in [-0.15, -0.1) is 0 Å². The summed E-state index contributed by atoms with van der Waals surface area (Å²) < 4.78 is 5.33. The molecule has 1 aliphatic rings. The highest BCUT2D eigenvalue weighted by molar-refractivity contribution is 6.30. The van der Waals surface area contributed by atoms with Gasteiger partial charge in [-0.2, -0.15) is 0 Å². The lowest BCUT2D eigenvalue weighted by Crippen LogP contribution is -2.36. The Hall–Kier alpha value is -2.11. The third-order valence-electron chi connectivity index (χ3n) is 3.67. The maximum Gasteiger partial charge on any atom is 0.229 e. The molecule has 1 aliphatic heterocycles. The molecule has 3 rings (SSSR count). The summed E-state index contributed by atoms with van der Waals surface area (Å²) in [5.74, 6) is 0.458. The lowest BCUT2D eigenvalue weighted by molar-refractivity contribution is -0.115. The Balaban J connectivity index is 1.57. The summed E-state index contributed by atoms with van der Waals surface area (Å²) in [4.78, 5) is 18.6. The molecule has 1 aromatic carbocycles. The van der Waals surface area contributed by atoms with Crippen molar-refractivity contribution in [3.63, 3.8) is 0 Å². The van der Waals surface area contributed by atoms with Gasteiger partial charge in [-0.05, 0) is 29.8 Å². The number of amides is 1. The van der Waals surface area contributed by atoms with Crippen LogP contribution in [0.25, 0.3) is 0 Å². The Labute approximate surface area is 140 Å². The fraction of sp³-hybridized carbons (Fsp3) is 0.294. The predicted molar refractivity (Wildman–Crippen MR) is 91.1 cm³/mol. The second-order valence-corrected chi connectivity index (χ2v) is 5.79. The Morgan fingerprint density at radius 1 is 1.17 bits per heavy atom. The third kappa shape index (κ3) is 4.43. The molecule has 0 saturated carbocycles. The molecule has 0 spiro atoms. The second-order valence-electron chi connectivity index (χ2n) is 5.35. The van der Waals surface area contributed by atoms with Gasteiger partial charge in [0.15, 0.2) is 0 Å². The van der Waals surface area contributed by atoms with Crippen LogP contribution in [0.4, 0.5) is 11.5 Å². The van der Waals surface area contributed by atoms with Crippen molar-refractivity contribution in [2.75, 3.05) is 36.5 Å². The van der Waals surface area contributed by atoms with Crippen molar-refractivity contribution in [2.45, 2.75) is 6.42 Å². The molecule has 1 fully saturated rings. The Morgan fingerprint density at radius 3 is 2.57 bits per heavy atom. The number of carbonyl (C=O) groups excluding carboxylic acids is 1. The number of anilines is 2. The van der Waals surface area contributed by atoms with E-state index in [2.05, 4.69) is 15.2 Å². The Kier molecular flexibility index (Phi) is 5.10. The van der Waals surface area contributed by atoms with Crippen LogP contribution in [0.2, 0.25) is 5.02 Å². The number of halogens is 1. The highest BCUT2D eigenvalue weighted by Gasteiger charge is 2.12. The predicted octanol–water partition coefficient (Wildman–Crippen LogP) is 2.75. The van der Waals surface area contributed by atoms with Crippen molar-refractivity contribution in [3.05, 3.63) is 53.2 Å². The van der Waals surface area contributed by atoms with Gasteiger partial charge in [-0.1, -0.05) is 23.7 Å². The van der Waals surface area contributed by atoms with Crippen LogP contribution in [0.15, 0.2) is 42.6 Å². The van der Waals surface area contributed by atoms with Gasteiger partial charge in [0, 0.05) is 18.1 Å². The van der Waals surface area contributed by atoms with Crippen molar-refractivity contribution in [2.24, 2.45) is 0 Å². The highest BCUT2D eigenvalue weighted by Crippen LogP contribution is 2.17. The molecule has 1 saturated heterocycles. The maximum absolute atomic E-state index is 12.0. The number of hydrogen-bond acceptors (Lipinski definition) is 4. The summed E-state index contributed by atoms with van der Waals surface area (Å²) in [6.45, 7) is 3.20. The first-order valence-corrected chi connectivity index (χ1v) is 7.91. The molecule has 0 atom stereocenters. The first kappa shape index (κ1) is 15.8. The van der Waals surface area contributed by atoms with Gasteiger partial charge in [-0.25, -0.2) is 4.98 Å². The number of benzene rings is 1. The van der Waals surface area contributed by atoms with Crippen LogP contribution in [-0.4, -0.2) is 37.2 Å². The van der Waals surface area contributed by atoms with E-state index in [1.807, 2.05) is 24.3 Å². The molecule has 120 valence electrons. The van der Waals surface area contributed by atoms with Gasteiger partial charge in [0.2, 0.25) is 5.91 Å².